The van der Waals surface area contributed by atoms with Crippen LogP contribution in [-0.4, -0.2) is 17.9 Å². The molecule has 0 amide bonds. The summed E-state index contributed by atoms with van der Waals surface area (Å²) in [4.78, 5) is 12.6. The zero-order chi connectivity index (χ0) is 15.5. The Bertz CT molecular complexity index is 391. The van der Waals surface area contributed by atoms with Gasteiger partial charge in [0.05, 0.1) is 11.0 Å². The molecule has 0 radical (unpaired) electrons. The summed E-state index contributed by atoms with van der Waals surface area (Å²) in [5, 5.41) is 0. The Kier molecular flexibility index (Phi) is 3.53. The average molecular weight is 282 g/mol. The largest absolute Gasteiger partial charge is 0.436 e. The van der Waals surface area contributed by atoms with Crippen LogP contribution in [0.1, 0.15) is 61.8 Å². The first-order valence-corrected chi connectivity index (χ1v) is 7.82. The molecule has 116 valence electrons. The summed E-state index contributed by atoms with van der Waals surface area (Å²) in [5.41, 5.74) is -0.175. The molecular weight excluding hydrogens is 252 g/mol. The second-order valence-corrected chi connectivity index (χ2v) is 8.62. The highest BCUT2D eigenvalue weighted by Crippen LogP contribution is 2.90. The summed E-state index contributed by atoms with van der Waals surface area (Å²) in [5.74, 6) is 1.51. The van der Waals surface area contributed by atoms with E-state index in [-0.39, 0.29) is 17.0 Å². The van der Waals surface area contributed by atoms with Crippen LogP contribution < -0.4 is 0 Å². The molecule has 0 N–H and O–H groups in total. The Hall–Kier alpha value is -0.570. The van der Waals surface area contributed by atoms with Crippen molar-refractivity contribution in [1.82, 2.24) is 0 Å². The molecule has 3 nitrogen and oxygen atoms in total. The van der Waals surface area contributed by atoms with E-state index in [2.05, 4.69) is 27.7 Å². The first-order chi connectivity index (χ1) is 8.93. The minimum absolute atomic E-state index is 0.0442. The number of esters is 1. The first kappa shape index (κ1) is 15.8. The van der Waals surface area contributed by atoms with Gasteiger partial charge in [0.25, 0.3) is 0 Å². The second kappa shape index (κ2) is 4.46. The van der Waals surface area contributed by atoms with E-state index < -0.39 is 6.29 Å². The topological polar surface area (TPSA) is 35.5 Å². The number of ether oxygens (including phenoxy) is 2. The lowest BCUT2D eigenvalue weighted by atomic mass is 9.75. The number of hydrogen-bond donors (Lipinski definition) is 0. The Morgan fingerprint density at radius 2 is 1.65 bits per heavy atom. The van der Waals surface area contributed by atoms with Crippen molar-refractivity contribution in [2.45, 2.75) is 73.7 Å². The molecule has 0 spiro atoms. The van der Waals surface area contributed by atoms with Crippen LogP contribution in [0, 0.1) is 28.6 Å². The van der Waals surface area contributed by atoms with Crippen molar-refractivity contribution in [1.29, 1.82) is 0 Å². The van der Waals surface area contributed by atoms with E-state index >= 15 is 0 Å². The molecule has 3 heteroatoms. The van der Waals surface area contributed by atoms with E-state index in [4.69, 9.17) is 9.47 Å². The van der Waals surface area contributed by atoms with Gasteiger partial charge in [-0.05, 0) is 57.3 Å². The normalized spacial score (nSPS) is 35.5. The highest BCUT2D eigenvalue weighted by molar-refractivity contribution is 5.85. The molecular formula is C17H30O3. The minimum atomic E-state index is -0.477. The van der Waals surface area contributed by atoms with Crippen LogP contribution in [0.5, 0.6) is 0 Å². The molecule has 3 unspecified atom stereocenters. The monoisotopic (exact) mass is 282 g/mol. The van der Waals surface area contributed by atoms with Gasteiger partial charge in [0.15, 0.2) is 0 Å². The molecule has 2 rings (SSSR count). The molecule has 0 aliphatic heterocycles. The molecule has 0 heterocycles. The number of carbonyl (C=O) groups excluding carboxylic acids is 1. The Balaban J connectivity index is 1.97. The van der Waals surface area contributed by atoms with Crippen LogP contribution in [0.3, 0.4) is 0 Å². The maximum atomic E-state index is 12.6. The van der Waals surface area contributed by atoms with E-state index in [9.17, 15) is 4.79 Å². The van der Waals surface area contributed by atoms with Gasteiger partial charge in [-0.25, -0.2) is 0 Å². The number of carbonyl (C=O) groups is 1. The van der Waals surface area contributed by atoms with Gasteiger partial charge < -0.3 is 9.47 Å². The minimum Gasteiger partial charge on any atom is -0.436 e. The highest BCUT2D eigenvalue weighted by atomic mass is 16.7. The molecule has 0 saturated heterocycles. The van der Waals surface area contributed by atoms with Gasteiger partial charge in [-0.1, -0.05) is 27.7 Å². The second-order valence-electron chi connectivity index (χ2n) is 8.62. The van der Waals surface area contributed by atoms with E-state index in [1.165, 1.54) is 0 Å². The van der Waals surface area contributed by atoms with Gasteiger partial charge in [0.2, 0.25) is 6.29 Å². The van der Waals surface area contributed by atoms with E-state index in [0.29, 0.717) is 23.2 Å². The van der Waals surface area contributed by atoms with E-state index in [1.54, 1.807) is 0 Å². The Labute approximate surface area is 123 Å². The van der Waals surface area contributed by atoms with Crippen LogP contribution in [0.15, 0.2) is 0 Å². The summed E-state index contributed by atoms with van der Waals surface area (Å²) in [6.45, 7) is 16.6. The van der Waals surface area contributed by atoms with Gasteiger partial charge in [-0.2, -0.15) is 0 Å². The number of hydrogen-bond acceptors (Lipinski definition) is 3. The third-order valence-electron chi connectivity index (χ3n) is 4.75. The van der Waals surface area contributed by atoms with Gasteiger partial charge in [0.1, 0.15) is 0 Å². The molecule has 2 saturated carbocycles. The lowest BCUT2D eigenvalue weighted by Gasteiger charge is -2.32. The van der Waals surface area contributed by atoms with Crippen molar-refractivity contribution in [3.63, 3.8) is 0 Å². The van der Waals surface area contributed by atoms with Crippen LogP contribution >= 0.6 is 0 Å². The van der Waals surface area contributed by atoms with Gasteiger partial charge in [-0.3, -0.25) is 4.79 Å². The standard InChI is InChI=1S/C17H30O3/c1-10(2)9-17(12-13(17)16(12,7)8)14(18)19-11(3)20-15(4,5)6/h10-13H,9H2,1-8H3. The summed E-state index contributed by atoms with van der Waals surface area (Å²) < 4.78 is 11.3. The van der Waals surface area contributed by atoms with Crippen molar-refractivity contribution in [3.8, 4) is 0 Å². The number of fused-ring (bicyclic) bond motifs is 1. The molecule has 0 aromatic heterocycles. The predicted molar refractivity (Wildman–Crippen MR) is 79.0 cm³/mol. The van der Waals surface area contributed by atoms with Crippen molar-refractivity contribution in [2.75, 3.05) is 0 Å². The summed E-state index contributed by atoms with van der Waals surface area (Å²) in [6, 6.07) is 0. The first-order valence-electron chi connectivity index (χ1n) is 7.82. The lowest BCUT2D eigenvalue weighted by molar-refractivity contribution is -0.206. The van der Waals surface area contributed by atoms with Crippen LogP contribution in [0.25, 0.3) is 0 Å². The fraction of sp³-hybridized carbons (Fsp3) is 0.941. The average Bonchev–Trinajstić information content (AvgIpc) is 3.01. The van der Waals surface area contributed by atoms with Gasteiger partial charge >= 0.3 is 5.97 Å². The fourth-order valence-corrected chi connectivity index (χ4v) is 4.36. The smallest absolute Gasteiger partial charge is 0.315 e. The molecule has 2 aliphatic rings. The molecule has 0 bridgehead atoms. The quantitative estimate of drug-likeness (QED) is 0.564. The summed E-state index contributed by atoms with van der Waals surface area (Å²) in [6.07, 6.45) is 0.460. The maximum Gasteiger partial charge on any atom is 0.315 e. The van der Waals surface area contributed by atoms with Crippen LogP contribution in [0.2, 0.25) is 0 Å². The molecule has 3 atom stereocenters. The highest BCUT2D eigenvalue weighted by Gasteiger charge is 2.91. The van der Waals surface area contributed by atoms with Gasteiger partial charge in [0, 0.05) is 0 Å². The van der Waals surface area contributed by atoms with Crippen LogP contribution in [0.4, 0.5) is 0 Å². The van der Waals surface area contributed by atoms with Crippen molar-refractivity contribution < 1.29 is 14.3 Å². The predicted octanol–water partition coefficient (Wildman–Crippen LogP) is 4.01. The van der Waals surface area contributed by atoms with Crippen molar-refractivity contribution in [3.05, 3.63) is 0 Å². The molecule has 0 aromatic rings. The third kappa shape index (κ3) is 2.49. The zero-order valence-electron chi connectivity index (χ0n) is 14.2. The van der Waals surface area contributed by atoms with E-state index in [1.807, 2.05) is 27.7 Å². The lowest BCUT2D eigenvalue weighted by Crippen LogP contribution is -2.38. The van der Waals surface area contributed by atoms with Crippen molar-refractivity contribution >= 4 is 5.97 Å². The molecule has 2 aliphatic carbocycles. The summed E-state index contributed by atoms with van der Waals surface area (Å²) in [7, 11) is 0. The van der Waals surface area contributed by atoms with Crippen molar-refractivity contribution in [2.24, 2.45) is 28.6 Å². The Morgan fingerprint density at radius 3 is 2.00 bits per heavy atom. The zero-order valence-corrected chi connectivity index (χ0v) is 14.2. The Morgan fingerprint density at radius 1 is 1.15 bits per heavy atom. The van der Waals surface area contributed by atoms with E-state index in [0.717, 1.165) is 6.42 Å². The fourth-order valence-electron chi connectivity index (χ4n) is 4.36. The SMILES string of the molecule is CC(C)CC1(C(=O)OC(C)OC(C)(C)C)C2C1C2(C)C. The van der Waals surface area contributed by atoms with Gasteiger partial charge in [-0.15, -0.1) is 0 Å². The summed E-state index contributed by atoms with van der Waals surface area (Å²) >= 11 is 0. The maximum absolute atomic E-state index is 12.6. The molecule has 2 fully saturated rings. The third-order valence-corrected chi connectivity index (χ3v) is 4.75. The molecule has 0 aromatic carbocycles. The van der Waals surface area contributed by atoms with Crippen LogP contribution in [-0.2, 0) is 14.3 Å². The number of rotatable bonds is 5. The molecule has 20 heavy (non-hydrogen) atoms.